The van der Waals surface area contributed by atoms with Crippen molar-refractivity contribution in [1.29, 1.82) is 0 Å². The summed E-state index contributed by atoms with van der Waals surface area (Å²) >= 11 is 0. The van der Waals surface area contributed by atoms with E-state index in [0.717, 1.165) is 5.92 Å². The van der Waals surface area contributed by atoms with Crippen LogP contribution >= 0.6 is 0 Å². The Hall–Kier alpha value is -0.260. The molecule has 0 radical (unpaired) electrons. The van der Waals surface area contributed by atoms with E-state index in [9.17, 15) is 0 Å². The fourth-order valence-corrected chi connectivity index (χ4v) is 2.13. The molecule has 0 saturated heterocycles. The lowest BCUT2D eigenvalue weighted by Crippen LogP contribution is -1.94. The van der Waals surface area contributed by atoms with Crippen LogP contribution < -0.4 is 0 Å². The zero-order valence-electron chi connectivity index (χ0n) is 11.8. The van der Waals surface area contributed by atoms with E-state index in [1.807, 2.05) is 0 Å². The molecule has 0 heteroatoms. The standard InChI is InChI=1S/C16H32/c1-4-7-8-9-10-11-12-13-14-15-16(5-2)6-3/h12-13,16H,4-11,14-15H2,1-3H3/b13-12+. The minimum atomic E-state index is 0.953. The molecular formula is C16H32. The molecule has 0 atom stereocenters. The zero-order chi connectivity index (χ0) is 12.1. The quantitative estimate of drug-likeness (QED) is 0.293. The highest BCUT2D eigenvalue weighted by Gasteiger charge is 2.00. The second kappa shape index (κ2) is 12.8. The molecule has 0 heterocycles. The van der Waals surface area contributed by atoms with Gasteiger partial charge in [0.1, 0.15) is 0 Å². The molecule has 0 saturated carbocycles. The highest BCUT2D eigenvalue weighted by Crippen LogP contribution is 2.15. The molecule has 0 spiro atoms. The van der Waals surface area contributed by atoms with Crippen LogP contribution in [0.15, 0.2) is 12.2 Å². The molecule has 0 fully saturated rings. The number of allylic oxidation sites excluding steroid dienone is 2. The second-order valence-corrected chi connectivity index (χ2v) is 4.93. The summed E-state index contributed by atoms with van der Waals surface area (Å²) in [4.78, 5) is 0. The largest absolute Gasteiger partial charge is 0.0885 e. The maximum absolute atomic E-state index is 2.40. The van der Waals surface area contributed by atoms with Crippen LogP contribution in [0.2, 0.25) is 0 Å². The van der Waals surface area contributed by atoms with E-state index in [1.54, 1.807) is 0 Å². The first kappa shape index (κ1) is 15.7. The topological polar surface area (TPSA) is 0 Å². The van der Waals surface area contributed by atoms with Crippen molar-refractivity contribution in [2.45, 2.75) is 85.0 Å². The second-order valence-electron chi connectivity index (χ2n) is 4.93. The molecule has 0 unspecified atom stereocenters. The van der Waals surface area contributed by atoms with Gasteiger partial charge in [0.25, 0.3) is 0 Å². The number of hydrogen-bond acceptors (Lipinski definition) is 0. The van der Waals surface area contributed by atoms with Crippen LogP contribution in [0.25, 0.3) is 0 Å². The summed E-state index contributed by atoms with van der Waals surface area (Å²) in [6.07, 6.45) is 18.5. The van der Waals surface area contributed by atoms with Crippen molar-refractivity contribution in [3.05, 3.63) is 12.2 Å². The van der Waals surface area contributed by atoms with Gasteiger partial charge >= 0.3 is 0 Å². The Kier molecular flexibility index (Phi) is 12.6. The van der Waals surface area contributed by atoms with Crippen molar-refractivity contribution in [3.63, 3.8) is 0 Å². The third-order valence-corrected chi connectivity index (χ3v) is 3.54. The maximum Gasteiger partial charge on any atom is -0.0348 e. The molecule has 0 bridgehead atoms. The van der Waals surface area contributed by atoms with Crippen LogP contribution in [0.1, 0.15) is 85.0 Å². The van der Waals surface area contributed by atoms with Gasteiger partial charge in [-0.3, -0.25) is 0 Å². The van der Waals surface area contributed by atoms with E-state index in [-0.39, 0.29) is 0 Å². The first-order chi connectivity index (χ1) is 7.85. The molecule has 0 aliphatic rings. The van der Waals surface area contributed by atoms with E-state index in [0.29, 0.717) is 0 Å². The third-order valence-electron chi connectivity index (χ3n) is 3.54. The molecule has 0 aromatic carbocycles. The number of unbranched alkanes of at least 4 members (excludes halogenated alkanes) is 5. The normalized spacial score (nSPS) is 11.8. The lowest BCUT2D eigenvalue weighted by atomic mass is 9.97. The van der Waals surface area contributed by atoms with Crippen molar-refractivity contribution in [3.8, 4) is 0 Å². The Labute approximate surface area is 104 Å². The summed E-state index contributed by atoms with van der Waals surface area (Å²) in [5, 5.41) is 0. The minimum absolute atomic E-state index is 0.953. The predicted octanol–water partition coefficient (Wildman–Crippen LogP) is 6.12. The summed E-state index contributed by atoms with van der Waals surface area (Å²) in [6.45, 7) is 6.90. The van der Waals surface area contributed by atoms with Crippen LogP contribution in [-0.4, -0.2) is 0 Å². The van der Waals surface area contributed by atoms with Crippen molar-refractivity contribution in [2.24, 2.45) is 5.92 Å². The monoisotopic (exact) mass is 224 g/mol. The van der Waals surface area contributed by atoms with Crippen LogP contribution in [0, 0.1) is 5.92 Å². The first-order valence-corrected chi connectivity index (χ1v) is 7.50. The Balaban J connectivity index is 3.21. The highest BCUT2D eigenvalue weighted by molar-refractivity contribution is 4.82. The molecule has 0 aromatic rings. The number of rotatable bonds is 11. The molecule has 0 rings (SSSR count). The SMILES string of the molecule is CCCCCCC/C=C/CCC(CC)CC. The molecule has 96 valence electrons. The van der Waals surface area contributed by atoms with Gasteiger partial charge in [-0.05, 0) is 31.6 Å². The van der Waals surface area contributed by atoms with Crippen LogP contribution in [0.3, 0.4) is 0 Å². The van der Waals surface area contributed by atoms with E-state index in [1.165, 1.54) is 64.2 Å². The van der Waals surface area contributed by atoms with Gasteiger partial charge in [-0.2, -0.15) is 0 Å². The van der Waals surface area contributed by atoms with Crippen molar-refractivity contribution in [2.75, 3.05) is 0 Å². The van der Waals surface area contributed by atoms with Crippen molar-refractivity contribution in [1.82, 2.24) is 0 Å². The van der Waals surface area contributed by atoms with Gasteiger partial charge in [0.15, 0.2) is 0 Å². The van der Waals surface area contributed by atoms with Gasteiger partial charge in [0, 0.05) is 0 Å². The summed E-state index contributed by atoms with van der Waals surface area (Å²) in [6, 6.07) is 0. The molecule has 0 aromatic heterocycles. The van der Waals surface area contributed by atoms with Crippen molar-refractivity contribution < 1.29 is 0 Å². The van der Waals surface area contributed by atoms with Crippen LogP contribution in [-0.2, 0) is 0 Å². The molecular weight excluding hydrogens is 192 g/mol. The van der Waals surface area contributed by atoms with Gasteiger partial charge < -0.3 is 0 Å². The summed E-state index contributed by atoms with van der Waals surface area (Å²) < 4.78 is 0. The van der Waals surface area contributed by atoms with Gasteiger partial charge in [-0.15, -0.1) is 0 Å². The number of hydrogen-bond donors (Lipinski definition) is 0. The van der Waals surface area contributed by atoms with E-state index >= 15 is 0 Å². The molecule has 0 aliphatic carbocycles. The fraction of sp³-hybridized carbons (Fsp3) is 0.875. The Bertz CT molecular complexity index is 142. The molecule has 0 nitrogen and oxygen atoms in total. The van der Waals surface area contributed by atoms with Crippen molar-refractivity contribution >= 4 is 0 Å². The predicted molar refractivity (Wildman–Crippen MR) is 75.8 cm³/mol. The smallest absolute Gasteiger partial charge is 0.0348 e. The van der Waals surface area contributed by atoms with Gasteiger partial charge in [-0.25, -0.2) is 0 Å². The average Bonchev–Trinajstić information content (AvgIpc) is 2.32. The maximum atomic E-state index is 2.40. The van der Waals surface area contributed by atoms with Gasteiger partial charge in [0.2, 0.25) is 0 Å². The highest BCUT2D eigenvalue weighted by atomic mass is 14.1. The first-order valence-electron chi connectivity index (χ1n) is 7.50. The Morgan fingerprint density at radius 3 is 2.00 bits per heavy atom. The summed E-state index contributed by atoms with van der Waals surface area (Å²) in [5.41, 5.74) is 0. The van der Waals surface area contributed by atoms with Crippen LogP contribution in [0.4, 0.5) is 0 Å². The minimum Gasteiger partial charge on any atom is -0.0885 e. The lowest BCUT2D eigenvalue weighted by molar-refractivity contribution is 0.460. The van der Waals surface area contributed by atoms with Gasteiger partial charge in [0.05, 0.1) is 0 Å². The molecule has 0 aliphatic heterocycles. The fourth-order valence-electron chi connectivity index (χ4n) is 2.13. The lowest BCUT2D eigenvalue weighted by Gasteiger charge is -2.09. The molecule has 16 heavy (non-hydrogen) atoms. The summed E-state index contributed by atoms with van der Waals surface area (Å²) in [7, 11) is 0. The average molecular weight is 224 g/mol. The molecule has 0 amide bonds. The summed E-state index contributed by atoms with van der Waals surface area (Å²) in [5.74, 6) is 0.953. The van der Waals surface area contributed by atoms with E-state index in [2.05, 4.69) is 32.9 Å². The van der Waals surface area contributed by atoms with E-state index in [4.69, 9.17) is 0 Å². The zero-order valence-corrected chi connectivity index (χ0v) is 11.8. The molecule has 0 N–H and O–H groups in total. The van der Waals surface area contributed by atoms with Gasteiger partial charge in [-0.1, -0.05) is 71.4 Å². The Morgan fingerprint density at radius 2 is 1.38 bits per heavy atom. The third kappa shape index (κ3) is 10.3. The Morgan fingerprint density at radius 1 is 0.750 bits per heavy atom. The van der Waals surface area contributed by atoms with Crippen LogP contribution in [0.5, 0.6) is 0 Å². The van der Waals surface area contributed by atoms with E-state index < -0.39 is 0 Å².